The van der Waals surface area contributed by atoms with E-state index < -0.39 is 7.14 Å². The van der Waals surface area contributed by atoms with E-state index in [0.717, 1.165) is 49.3 Å². The molecular formula is C33H36BrN8O4P. The van der Waals surface area contributed by atoms with Crippen molar-refractivity contribution in [2.75, 3.05) is 49.1 Å². The number of aryl methyl sites for hydroxylation is 1. The lowest BCUT2D eigenvalue weighted by Gasteiger charge is -2.38. The molecule has 0 aliphatic carbocycles. The Kier molecular flexibility index (Phi) is 9.47. The van der Waals surface area contributed by atoms with Crippen molar-refractivity contribution >= 4 is 74.3 Å². The Balaban J connectivity index is 1.24. The molecule has 0 radical (unpaired) electrons. The van der Waals surface area contributed by atoms with Crippen LogP contribution in [0, 0.1) is 0 Å². The van der Waals surface area contributed by atoms with Crippen LogP contribution >= 0.6 is 23.1 Å². The minimum Gasteiger partial charge on any atom is -0.494 e. The van der Waals surface area contributed by atoms with E-state index in [1.165, 1.54) is 6.26 Å². The lowest BCUT2D eigenvalue weighted by atomic mass is 10.0. The third-order valence-corrected chi connectivity index (χ3v) is 10.3. The van der Waals surface area contributed by atoms with Gasteiger partial charge in [0.05, 0.1) is 40.0 Å². The van der Waals surface area contributed by atoms with Crippen LogP contribution in [0.25, 0.3) is 11.0 Å². The number of amides is 1. The van der Waals surface area contributed by atoms with Gasteiger partial charge in [0.25, 0.3) is 0 Å². The van der Waals surface area contributed by atoms with Crippen molar-refractivity contribution in [2.45, 2.75) is 32.2 Å². The zero-order valence-corrected chi connectivity index (χ0v) is 29.1. The number of nitrogens with one attached hydrogen (secondary N) is 2. The third kappa shape index (κ3) is 6.96. The maximum Gasteiger partial charge on any atom is 0.418 e. The Morgan fingerprint density at radius 3 is 2.60 bits per heavy atom. The molecule has 47 heavy (non-hydrogen) atoms. The molecule has 6 rings (SSSR count). The molecule has 2 N–H and O–H groups in total. The van der Waals surface area contributed by atoms with E-state index in [2.05, 4.69) is 59.4 Å². The summed E-state index contributed by atoms with van der Waals surface area (Å²) in [7, 11) is -1.12. The van der Waals surface area contributed by atoms with Crippen molar-refractivity contribution < 1.29 is 18.8 Å². The van der Waals surface area contributed by atoms with Gasteiger partial charge in [0.15, 0.2) is 0 Å². The van der Waals surface area contributed by atoms with Crippen LogP contribution in [0.3, 0.4) is 0 Å². The monoisotopic (exact) mass is 718 g/mol. The summed E-state index contributed by atoms with van der Waals surface area (Å²) in [5.41, 5.74) is 4.87. The van der Waals surface area contributed by atoms with Gasteiger partial charge in [0.1, 0.15) is 24.2 Å². The molecule has 0 spiro atoms. The summed E-state index contributed by atoms with van der Waals surface area (Å²) in [5, 5.41) is 7.30. The number of hydrogen-bond donors (Lipinski definition) is 2. The number of methoxy groups -OCH3 is 1. The van der Waals surface area contributed by atoms with Crippen molar-refractivity contribution in [3.05, 3.63) is 77.5 Å². The van der Waals surface area contributed by atoms with Gasteiger partial charge in [0.2, 0.25) is 5.95 Å². The normalized spacial score (nSPS) is 15.5. The average Bonchev–Trinajstić information content (AvgIpc) is 3.29. The number of fused-ring (bicyclic) bond motifs is 1. The van der Waals surface area contributed by atoms with Gasteiger partial charge in [-0.25, -0.2) is 9.78 Å². The third-order valence-electron chi connectivity index (χ3n) is 8.19. The number of allylic oxidation sites excluding steroid dienone is 2. The number of nitrogens with zero attached hydrogens (tertiary/aromatic N) is 6. The van der Waals surface area contributed by atoms with E-state index in [9.17, 15) is 9.36 Å². The first-order valence-electron chi connectivity index (χ1n) is 15.3. The molecule has 2 aromatic heterocycles. The van der Waals surface area contributed by atoms with Crippen LogP contribution in [0.2, 0.25) is 0 Å². The smallest absolute Gasteiger partial charge is 0.418 e. The number of halogens is 1. The number of benzene rings is 2. The summed E-state index contributed by atoms with van der Waals surface area (Å²) >= 11 is 3.56. The summed E-state index contributed by atoms with van der Waals surface area (Å²) in [6.45, 7) is 7.13. The topological polar surface area (TPSA) is 135 Å². The predicted molar refractivity (Wildman–Crippen MR) is 189 cm³/mol. The molecule has 1 fully saturated rings. The number of hydrogen-bond acceptors (Lipinski definition) is 11. The molecule has 14 heteroatoms. The Bertz CT molecular complexity index is 1920. The highest BCUT2D eigenvalue weighted by molar-refractivity contribution is 9.10. The fraction of sp³-hybridized carbons (Fsp3) is 0.303. The number of ether oxygens (including phenoxy) is 2. The van der Waals surface area contributed by atoms with Gasteiger partial charge in [-0.2, -0.15) is 4.98 Å². The highest BCUT2D eigenvalue weighted by atomic mass is 79.9. The highest BCUT2D eigenvalue weighted by Gasteiger charge is 2.29. The molecule has 0 unspecified atom stereocenters. The molecular weight excluding hydrogens is 683 g/mol. The van der Waals surface area contributed by atoms with Gasteiger partial charge in [-0.15, -0.1) is 0 Å². The highest BCUT2D eigenvalue weighted by Crippen LogP contribution is 2.42. The Labute approximate surface area is 281 Å². The van der Waals surface area contributed by atoms with Crippen LogP contribution in [0.4, 0.5) is 33.6 Å². The summed E-state index contributed by atoms with van der Waals surface area (Å²) < 4.78 is 25.0. The quantitative estimate of drug-likeness (QED) is 0.174. The van der Waals surface area contributed by atoms with Crippen LogP contribution in [0.5, 0.6) is 5.75 Å². The number of anilines is 5. The van der Waals surface area contributed by atoms with Crippen LogP contribution in [-0.2, 0) is 15.7 Å². The van der Waals surface area contributed by atoms with Gasteiger partial charge in [-0.1, -0.05) is 6.92 Å². The molecule has 1 amide bonds. The molecule has 12 nitrogen and oxygen atoms in total. The number of carbonyl (C=O) groups is 1. The van der Waals surface area contributed by atoms with Crippen LogP contribution in [-0.4, -0.2) is 70.5 Å². The number of cyclic esters (lactones) is 1. The minimum atomic E-state index is -2.76. The van der Waals surface area contributed by atoms with Crippen molar-refractivity contribution in [3.8, 4) is 5.75 Å². The fourth-order valence-corrected chi connectivity index (χ4v) is 7.63. The van der Waals surface area contributed by atoms with Gasteiger partial charge in [0, 0.05) is 55.7 Å². The van der Waals surface area contributed by atoms with Gasteiger partial charge in [-0.05, 0) is 84.4 Å². The number of aromatic nitrogens is 4. The van der Waals surface area contributed by atoms with E-state index >= 15 is 0 Å². The molecule has 2 aliphatic heterocycles. The Morgan fingerprint density at radius 1 is 1.06 bits per heavy atom. The Hall–Kier alpha value is -4.48. The SMILES string of the molecule is CCc1cc(Nc2ncc(Br)c(Nc3ccc4nccnc4c3P(C)(C)=O)n2)c(OC)cc1N1CCC(N2C=CC=COC2=O)CC1. The molecule has 0 saturated carbocycles. The molecule has 0 bridgehead atoms. The molecule has 2 aromatic carbocycles. The second kappa shape index (κ2) is 13.7. The first kappa shape index (κ1) is 32.5. The van der Waals surface area contributed by atoms with Crippen molar-refractivity contribution in [2.24, 2.45) is 0 Å². The summed E-state index contributed by atoms with van der Waals surface area (Å²) in [6.07, 6.45) is 13.7. The van der Waals surface area contributed by atoms with Crippen LogP contribution < -0.4 is 25.6 Å². The number of carbonyl (C=O) groups excluding carboxylic acids is 1. The van der Waals surface area contributed by atoms with E-state index in [0.29, 0.717) is 44.0 Å². The van der Waals surface area contributed by atoms with Gasteiger partial charge < -0.3 is 29.6 Å². The van der Waals surface area contributed by atoms with E-state index in [-0.39, 0.29) is 12.1 Å². The van der Waals surface area contributed by atoms with Crippen molar-refractivity contribution in [3.63, 3.8) is 0 Å². The largest absolute Gasteiger partial charge is 0.494 e. The Morgan fingerprint density at radius 2 is 1.85 bits per heavy atom. The van der Waals surface area contributed by atoms with E-state index in [4.69, 9.17) is 14.5 Å². The number of piperidine rings is 1. The minimum absolute atomic E-state index is 0.0698. The molecule has 4 heterocycles. The summed E-state index contributed by atoms with van der Waals surface area (Å²) in [4.78, 5) is 34.5. The molecule has 4 aromatic rings. The summed E-state index contributed by atoms with van der Waals surface area (Å²) in [5.74, 6) is 1.50. The predicted octanol–water partition coefficient (Wildman–Crippen LogP) is 6.94. The fourth-order valence-electron chi connectivity index (χ4n) is 5.95. The lowest BCUT2D eigenvalue weighted by Crippen LogP contribution is -2.45. The second-order valence-electron chi connectivity index (χ2n) is 11.6. The van der Waals surface area contributed by atoms with E-state index in [1.54, 1.807) is 56.2 Å². The molecule has 1 saturated heterocycles. The van der Waals surface area contributed by atoms with Gasteiger partial charge in [-0.3, -0.25) is 14.9 Å². The average molecular weight is 720 g/mol. The van der Waals surface area contributed by atoms with Crippen molar-refractivity contribution in [1.29, 1.82) is 0 Å². The molecule has 2 aliphatic rings. The zero-order chi connectivity index (χ0) is 33.1. The maximum absolute atomic E-state index is 13.4. The lowest BCUT2D eigenvalue weighted by molar-refractivity contribution is 0.134. The maximum atomic E-state index is 13.4. The number of rotatable bonds is 9. The summed E-state index contributed by atoms with van der Waals surface area (Å²) in [6, 6.07) is 7.88. The molecule has 244 valence electrons. The first-order valence-corrected chi connectivity index (χ1v) is 18.7. The zero-order valence-electron chi connectivity index (χ0n) is 26.6. The van der Waals surface area contributed by atoms with Crippen LogP contribution in [0.1, 0.15) is 25.3 Å². The second-order valence-corrected chi connectivity index (χ2v) is 15.6. The first-order chi connectivity index (χ1) is 22.7. The van der Waals surface area contributed by atoms with E-state index in [1.807, 2.05) is 24.3 Å². The van der Waals surface area contributed by atoms with Crippen LogP contribution in [0.15, 0.2) is 71.9 Å². The molecule has 0 atom stereocenters. The standard InChI is InChI=1S/C33H36BrN8O4P/c1-5-21-18-26(28(45-2)19-27(21)41-15-10-22(11-16-41)42-14-6-7-17-46-33(42)43)39-32-37-20-23(34)31(40-32)38-25-9-8-24-29(36-13-12-35-24)30(25)47(3,4)44/h6-9,12-14,17-20,22H,5,10-11,15-16H2,1-4H3,(H2,37,38,39,40). The van der Waals surface area contributed by atoms with Gasteiger partial charge >= 0.3 is 6.09 Å². The van der Waals surface area contributed by atoms with Crippen molar-refractivity contribution in [1.82, 2.24) is 24.8 Å².